The maximum atomic E-state index is 12.7. The highest BCUT2D eigenvalue weighted by molar-refractivity contribution is 7.09. The fraction of sp³-hybridized carbons (Fsp3) is 0.375. The summed E-state index contributed by atoms with van der Waals surface area (Å²) in [6, 6.07) is 7.66. The van der Waals surface area contributed by atoms with Crippen LogP contribution in [0.25, 0.3) is 0 Å². The normalized spacial score (nSPS) is 17.2. The number of hydrogen-bond donors (Lipinski definition) is 2. The number of carbonyl (C=O) groups is 1. The molecule has 0 bridgehead atoms. The molecule has 5 heteroatoms. The molecule has 3 rings (SSSR count). The van der Waals surface area contributed by atoms with Gasteiger partial charge in [-0.05, 0) is 37.0 Å². The zero-order chi connectivity index (χ0) is 14.9. The average molecular weight is 301 g/mol. The number of hydrogen-bond acceptors (Lipinski definition) is 4. The molecule has 0 aliphatic heterocycles. The summed E-state index contributed by atoms with van der Waals surface area (Å²) in [6.45, 7) is 2.06. The van der Waals surface area contributed by atoms with Gasteiger partial charge in [0, 0.05) is 17.3 Å². The van der Waals surface area contributed by atoms with Gasteiger partial charge in [-0.1, -0.05) is 19.1 Å². The molecule has 4 nitrogen and oxygen atoms in total. The molecule has 1 aliphatic carbocycles. The number of amides is 1. The van der Waals surface area contributed by atoms with Crippen molar-refractivity contribution in [2.24, 2.45) is 0 Å². The van der Waals surface area contributed by atoms with E-state index in [4.69, 9.17) is 5.73 Å². The van der Waals surface area contributed by atoms with Gasteiger partial charge in [0.25, 0.3) is 0 Å². The molecule has 1 atom stereocenters. The van der Waals surface area contributed by atoms with Crippen LogP contribution in [0.1, 0.15) is 42.8 Å². The monoisotopic (exact) mass is 301 g/mol. The zero-order valence-electron chi connectivity index (χ0n) is 12.0. The lowest BCUT2D eigenvalue weighted by Gasteiger charge is -2.20. The number of carbonyl (C=O) groups excluding carboxylic acids is 1. The predicted octanol–water partition coefficient (Wildman–Crippen LogP) is 3.02. The Morgan fingerprint density at radius 2 is 2.14 bits per heavy atom. The summed E-state index contributed by atoms with van der Waals surface area (Å²) in [4.78, 5) is 17.0. The molecule has 0 radical (unpaired) electrons. The lowest BCUT2D eigenvalue weighted by atomic mass is 9.94. The number of rotatable bonds is 5. The molecule has 1 amide bonds. The zero-order valence-corrected chi connectivity index (χ0v) is 12.8. The number of nitrogen functional groups attached to an aromatic ring is 1. The van der Waals surface area contributed by atoms with E-state index in [0.717, 1.165) is 35.5 Å². The minimum atomic E-state index is -0.363. The van der Waals surface area contributed by atoms with Crippen LogP contribution in [0.4, 0.5) is 5.69 Å². The van der Waals surface area contributed by atoms with E-state index in [0.29, 0.717) is 0 Å². The van der Waals surface area contributed by atoms with Gasteiger partial charge >= 0.3 is 0 Å². The Kier molecular flexibility index (Phi) is 3.68. The Labute approximate surface area is 128 Å². The Hall–Kier alpha value is -1.88. The molecule has 1 fully saturated rings. The molecule has 0 saturated heterocycles. The molecule has 1 heterocycles. The van der Waals surface area contributed by atoms with Crippen LogP contribution < -0.4 is 11.1 Å². The van der Waals surface area contributed by atoms with Crippen molar-refractivity contribution in [1.29, 1.82) is 0 Å². The first-order valence-electron chi connectivity index (χ1n) is 7.22. The van der Waals surface area contributed by atoms with Crippen molar-refractivity contribution >= 4 is 22.9 Å². The van der Waals surface area contributed by atoms with Gasteiger partial charge in [-0.25, -0.2) is 4.98 Å². The van der Waals surface area contributed by atoms with E-state index in [9.17, 15) is 4.79 Å². The summed E-state index contributed by atoms with van der Waals surface area (Å²) >= 11 is 1.58. The largest absolute Gasteiger partial charge is 0.399 e. The summed E-state index contributed by atoms with van der Waals surface area (Å²) in [5.41, 5.74) is 7.15. The first-order valence-corrected chi connectivity index (χ1v) is 8.10. The summed E-state index contributed by atoms with van der Waals surface area (Å²) in [5.74, 6) is 0.106. The number of nitrogens with zero attached hydrogens (tertiary/aromatic N) is 1. The van der Waals surface area contributed by atoms with Gasteiger partial charge in [0.1, 0.15) is 5.01 Å². The van der Waals surface area contributed by atoms with Gasteiger partial charge in [-0.2, -0.15) is 0 Å². The van der Waals surface area contributed by atoms with Gasteiger partial charge in [0.05, 0.1) is 11.5 Å². The second-order valence-corrected chi connectivity index (χ2v) is 6.43. The van der Waals surface area contributed by atoms with Crippen LogP contribution in [0.15, 0.2) is 35.8 Å². The van der Waals surface area contributed by atoms with Gasteiger partial charge in [-0.3, -0.25) is 4.79 Å². The minimum absolute atomic E-state index is 0.00348. The van der Waals surface area contributed by atoms with Crippen LogP contribution in [0, 0.1) is 0 Å². The SMILES string of the molecule is CCC(NC(=O)C1(c2ccc(N)cc2)CC1)c1nccs1. The highest BCUT2D eigenvalue weighted by Gasteiger charge is 2.51. The molecule has 1 aliphatic rings. The van der Waals surface area contributed by atoms with Crippen molar-refractivity contribution < 1.29 is 4.79 Å². The highest BCUT2D eigenvalue weighted by atomic mass is 32.1. The van der Waals surface area contributed by atoms with E-state index in [1.165, 1.54) is 0 Å². The van der Waals surface area contributed by atoms with Crippen molar-refractivity contribution in [3.8, 4) is 0 Å². The third-order valence-corrected chi connectivity index (χ3v) is 5.00. The predicted molar refractivity (Wildman–Crippen MR) is 85.1 cm³/mol. The summed E-state index contributed by atoms with van der Waals surface area (Å²) in [6.07, 6.45) is 4.42. The second kappa shape index (κ2) is 5.48. The van der Waals surface area contributed by atoms with Crippen molar-refractivity contribution in [2.45, 2.75) is 37.6 Å². The highest BCUT2D eigenvalue weighted by Crippen LogP contribution is 2.49. The topological polar surface area (TPSA) is 68.0 Å². The number of nitrogens with two attached hydrogens (primary N) is 1. The number of anilines is 1. The van der Waals surface area contributed by atoms with E-state index in [-0.39, 0.29) is 17.4 Å². The van der Waals surface area contributed by atoms with Crippen molar-refractivity contribution in [1.82, 2.24) is 10.3 Å². The van der Waals surface area contributed by atoms with E-state index in [1.807, 2.05) is 29.6 Å². The smallest absolute Gasteiger partial charge is 0.231 e. The summed E-state index contributed by atoms with van der Waals surface area (Å²) in [7, 11) is 0. The third kappa shape index (κ3) is 2.65. The summed E-state index contributed by atoms with van der Waals surface area (Å²) in [5, 5.41) is 6.08. The Balaban J connectivity index is 1.77. The van der Waals surface area contributed by atoms with Crippen LogP contribution in [0.3, 0.4) is 0 Å². The van der Waals surface area contributed by atoms with Crippen LogP contribution in [0.2, 0.25) is 0 Å². The lowest BCUT2D eigenvalue weighted by molar-refractivity contribution is -0.124. The molecule has 110 valence electrons. The quantitative estimate of drug-likeness (QED) is 0.834. The number of aromatic nitrogens is 1. The van der Waals surface area contributed by atoms with E-state index >= 15 is 0 Å². The molecular weight excluding hydrogens is 282 g/mol. The molecule has 1 aromatic heterocycles. The Bertz CT molecular complexity index is 617. The van der Waals surface area contributed by atoms with E-state index < -0.39 is 0 Å². The van der Waals surface area contributed by atoms with Crippen LogP contribution >= 0.6 is 11.3 Å². The second-order valence-electron chi connectivity index (χ2n) is 5.51. The van der Waals surface area contributed by atoms with Crippen molar-refractivity contribution in [3.63, 3.8) is 0 Å². The standard InChI is InChI=1S/C16H19N3OS/c1-2-13(14-18-9-10-21-14)19-15(20)16(7-8-16)11-3-5-12(17)6-4-11/h3-6,9-10,13H,2,7-8,17H2,1H3,(H,19,20). The average Bonchev–Trinajstić information content (AvgIpc) is 3.13. The molecule has 2 aromatic rings. The lowest BCUT2D eigenvalue weighted by Crippen LogP contribution is -2.37. The van der Waals surface area contributed by atoms with Crippen LogP contribution in [-0.2, 0) is 10.2 Å². The molecule has 0 spiro atoms. The minimum Gasteiger partial charge on any atom is -0.399 e. The first-order chi connectivity index (χ1) is 10.2. The number of thiazole rings is 1. The van der Waals surface area contributed by atoms with Crippen LogP contribution in [0.5, 0.6) is 0 Å². The fourth-order valence-electron chi connectivity index (χ4n) is 2.62. The molecule has 1 unspecified atom stereocenters. The summed E-state index contributed by atoms with van der Waals surface area (Å²) < 4.78 is 0. The third-order valence-electron chi connectivity index (χ3n) is 4.11. The molecule has 1 saturated carbocycles. The maximum Gasteiger partial charge on any atom is 0.231 e. The molecule has 3 N–H and O–H groups in total. The Morgan fingerprint density at radius 3 is 2.67 bits per heavy atom. The number of benzene rings is 1. The maximum absolute atomic E-state index is 12.7. The van der Waals surface area contributed by atoms with Crippen molar-refractivity contribution in [3.05, 3.63) is 46.4 Å². The van der Waals surface area contributed by atoms with Gasteiger partial charge in [0.15, 0.2) is 0 Å². The first kappa shape index (κ1) is 14.1. The Morgan fingerprint density at radius 1 is 1.43 bits per heavy atom. The molecule has 21 heavy (non-hydrogen) atoms. The van der Waals surface area contributed by atoms with E-state index in [1.54, 1.807) is 17.5 Å². The van der Waals surface area contributed by atoms with Gasteiger partial charge < -0.3 is 11.1 Å². The van der Waals surface area contributed by atoms with E-state index in [2.05, 4.69) is 17.2 Å². The molecule has 1 aromatic carbocycles. The number of nitrogens with one attached hydrogen (secondary N) is 1. The van der Waals surface area contributed by atoms with Gasteiger partial charge in [0.2, 0.25) is 5.91 Å². The van der Waals surface area contributed by atoms with Crippen LogP contribution in [-0.4, -0.2) is 10.9 Å². The fourth-order valence-corrected chi connectivity index (χ4v) is 3.39. The van der Waals surface area contributed by atoms with Crippen molar-refractivity contribution in [2.75, 3.05) is 5.73 Å². The molecular formula is C16H19N3OS. The van der Waals surface area contributed by atoms with Gasteiger partial charge in [-0.15, -0.1) is 11.3 Å².